The molecule has 4 heteroatoms. The van der Waals surface area contributed by atoms with Crippen molar-refractivity contribution in [1.29, 1.82) is 0 Å². The van der Waals surface area contributed by atoms with Crippen LogP contribution in [0.5, 0.6) is 0 Å². The van der Waals surface area contributed by atoms with E-state index in [-0.39, 0.29) is 18.4 Å². The molecule has 11 heavy (non-hydrogen) atoms. The predicted molar refractivity (Wildman–Crippen MR) is 35.8 cm³/mol. The number of carbonyl (C=O) groups is 2. The van der Waals surface area contributed by atoms with Crippen molar-refractivity contribution in [2.45, 2.75) is 6.42 Å². The van der Waals surface area contributed by atoms with Gasteiger partial charge < -0.3 is 10.0 Å². The van der Waals surface area contributed by atoms with Crippen LogP contribution in [0.4, 0.5) is 0 Å². The topological polar surface area (TPSA) is 57.6 Å². The van der Waals surface area contributed by atoms with E-state index in [1.165, 1.54) is 4.90 Å². The number of carboxylic acids is 1. The standard InChI is InChI=1S/C7H9NO3/c9-6(10)3-8-2-4-1-5(4)7(8)11/h4-5H,1-3H2,(H,9,10). The Labute approximate surface area is 63.8 Å². The van der Waals surface area contributed by atoms with E-state index in [0.717, 1.165) is 6.42 Å². The molecule has 0 radical (unpaired) electrons. The minimum Gasteiger partial charge on any atom is -0.480 e. The summed E-state index contributed by atoms with van der Waals surface area (Å²) in [6.07, 6.45) is 0.981. The summed E-state index contributed by atoms with van der Waals surface area (Å²) in [6, 6.07) is 0. The minimum absolute atomic E-state index is 0.0393. The van der Waals surface area contributed by atoms with Crippen LogP contribution in [-0.2, 0) is 9.59 Å². The third-order valence-corrected chi connectivity index (χ3v) is 2.33. The normalized spacial score (nSPS) is 33.8. The molecule has 0 aromatic rings. The quantitative estimate of drug-likeness (QED) is 0.587. The van der Waals surface area contributed by atoms with Crippen molar-refractivity contribution in [3.63, 3.8) is 0 Å². The van der Waals surface area contributed by atoms with Gasteiger partial charge >= 0.3 is 5.97 Å². The van der Waals surface area contributed by atoms with Crippen LogP contribution >= 0.6 is 0 Å². The molecule has 0 aromatic carbocycles. The van der Waals surface area contributed by atoms with E-state index in [4.69, 9.17) is 5.11 Å². The number of carbonyl (C=O) groups excluding carboxylic acids is 1. The van der Waals surface area contributed by atoms with Crippen molar-refractivity contribution >= 4 is 11.9 Å². The molecule has 1 saturated carbocycles. The minimum atomic E-state index is -0.917. The van der Waals surface area contributed by atoms with Crippen molar-refractivity contribution in [1.82, 2.24) is 4.90 Å². The SMILES string of the molecule is O=C(O)CN1CC2CC2C1=O. The Morgan fingerprint density at radius 2 is 2.45 bits per heavy atom. The first-order chi connectivity index (χ1) is 5.18. The molecule has 0 bridgehead atoms. The van der Waals surface area contributed by atoms with Gasteiger partial charge in [0.2, 0.25) is 5.91 Å². The molecule has 2 aliphatic rings. The fourth-order valence-corrected chi connectivity index (χ4v) is 1.67. The zero-order valence-corrected chi connectivity index (χ0v) is 5.99. The lowest BCUT2D eigenvalue weighted by Crippen LogP contribution is -2.33. The second-order valence-corrected chi connectivity index (χ2v) is 3.21. The lowest BCUT2D eigenvalue weighted by atomic mass is 10.4. The van der Waals surface area contributed by atoms with Gasteiger partial charge in [-0.1, -0.05) is 0 Å². The van der Waals surface area contributed by atoms with Crippen LogP contribution in [0, 0.1) is 11.8 Å². The predicted octanol–water partition coefficient (Wildman–Crippen LogP) is -0.451. The van der Waals surface area contributed by atoms with E-state index in [9.17, 15) is 9.59 Å². The van der Waals surface area contributed by atoms with Gasteiger partial charge in [-0.05, 0) is 12.3 Å². The molecule has 0 spiro atoms. The number of hydrogen-bond acceptors (Lipinski definition) is 2. The molecule has 4 nitrogen and oxygen atoms in total. The number of piperidine rings is 1. The zero-order valence-electron chi connectivity index (χ0n) is 5.99. The van der Waals surface area contributed by atoms with Gasteiger partial charge in [-0.2, -0.15) is 0 Å². The second kappa shape index (κ2) is 1.96. The van der Waals surface area contributed by atoms with Crippen LogP contribution in [0.3, 0.4) is 0 Å². The van der Waals surface area contributed by atoms with Crippen molar-refractivity contribution in [2.24, 2.45) is 11.8 Å². The van der Waals surface area contributed by atoms with Crippen LogP contribution in [-0.4, -0.2) is 35.0 Å². The summed E-state index contributed by atoms with van der Waals surface area (Å²) in [6.45, 7) is 0.543. The first-order valence-electron chi connectivity index (χ1n) is 3.69. The monoisotopic (exact) mass is 155 g/mol. The molecule has 1 saturated heterocycles. The number of aliphatic carboxylic acids is 1. The Morgan fingerprint density at radius 3 is 2.91 bits per heavy atom. The Bertz CT molecular complexity index is 226. The zero-order chi connectivity index (χ0) is 8.01. The molecular weight excluding hydrogens is 146 g/mol. The maximum Gasteiger partial charge on any atom is 0.323 e. The smallest absolute Gasteiger partial charge is 0.323 e. The highest BCUT2D eigenvalue weighted by molar-refractivity contribution is 5.87. The van der Waals surface area contributed by atoms with Gasteiger partial charge in [0.1, 0.15) is 6.54 Å². The molecule has 0 aromatic heterocycles. The Kier molecular flexibility index (Phi) is 1.19. The summed E-state index contributed by atoms with van der Waals surface area (Å²) in [5, 5.41) is 8.40. The average Bonchev–Trinajstić information content (AvgIpc) is 2.58. The fraction of sp³-hybridized carbons (Fsp3) is 0.714. The first kappa shape index (κ1) is 6.64. The highest BCUT2D eigenvalue weighted by Crippen LogP contribution is 2.45. The number of carboxylic acid groups (broad SMARTS) is 1. The Balaban J connectivity index is 1.96. The average molecular weight is 155 g/mol. The van der Waals surface area contributed by atoms with E-state index < -0.39 is 5.97 Å². The van der Waals surface area contributed by atoms with Gasteiger partial charge in [0.15, 0.2) is 0 Å². The number of rotatable bonds is 2. The molecular formula is C7H9NO3. The van der Waals surface area contributed by atoms with Crippen LogP contribution in [0.25, 0.3) is 0 Å². The van der Waals surface area contributed by atoms with Crippen molar-refractivity contribution in [3.05, 3.63) is 0 Å². The highest BCUT2D eigenvalue weighted by atomic mass is 16.4. The number of nitrogens with zero attached hydrogens (tertiary/aromatic N) is 1. The summed E-state index contributed by atoms with van der Waals surface area (Å²) >= 11 is 0. The summed E-state index contributed by atoms with van der Waals surface area (Å²) in [5.74, 6) is -0.228. The number of likely N-dealkylation sites (tertiary alicyclic amines) is 1. The number of amides is 1. The Hall–Kier alpha value is -1.06. The summed E-state index contributed by atoms with van der Waals surface area (Å²) in [7, 11) is 0. The van der Waals surface area contributed by atoms with Crippen LogP contribution < -0.4 is 0 Å². The summed E-state index contributed by atoms with van der Waals surface area (Å²) in [4.78, 5) is 22.8. The third kappa shape index (κ3) is 0.982. The first-order valence-corrected chi connectivity index (χ1v) is 3.69. The summed E-state index contributed by atoms with van der Waals surface area (Å²) in [5.41, 5.74) is 0. The fourth-order valence-electron chi connectivity index (χ4n) is 1.67. The second-order valence-electron chi connectivity index (χ2n) is 3.21. The molecule has 1 heterocycles. The molecule has 2 rings (SSSR count). The molecule has 1 amide bonds. The van der Waals surface area contributed by atoms with E-state index in [1.807, 2.05) is 0 Å². The maximum atomic E-state index is 11.1. The molecule has 2 atom stereocenters. The van der Waals surface area contributed by atoms with E-state index in [1.54, 1.807) is 0 Å². The highest BCUT2D eigenvalue weighted by Gasteiger charge is 2.52. The lowest BCUT2D eigenvalue weighted by Gasteiger charge is -2.14. The number of hydrogen-bond donors (Lipinski definition) is 1. The molecule has 1 N–H and O–H groups in total. The molecule has 60 valence electrons. The van der Waals surface area contributed by atoms with Gasteiger partial charge in [0.05, 0.1) is 0 Å². The molecule has 2 unspecified atom stereocenters. The van der Waals surface area contributed by atoms with Crippen LogP contribution in [0.1, 0.15) is 6.42 Å². The van der Waals surface area contributed by atoms with Crippen LogP contribution in [0.15, 0.2) is 0 Å². The van der Waals surface area contributed by atoms with Gasteiger partial charge in [-0.15, -0.1) is 0 Å². The van der Waals surface area contributed by atoms with Crippen molar-refractivity contribution in [2.75, 3.05) is 13.1 Å². The van der Waals surface area contributed by atoms with E-state index in [2.05, 4.69) is 0 Å². The van der Waals surface area contributed by atoms with E-state index in [0.29, 0.717) is 12.5 Å². The third-order valence-electron chi connectivity index (χ3n) is 2.33. The largest absolute Gasteiger partial charge is 0.480 e. The molecule has 2 fully saturated rings. The van der Waals surface area contributed by atoms with Crippen LogP contribution in [0.2, 0.25) is 0 Å². The van der Waals surface area contributed by atoms with Crippen molar-refractivity contribution < 1.29 is 14.7 Å². The summed E-state index contributed by atoms with van der Waals surface area (Å²) < 4.78 is 0. The molecule has 1 aliphatic heterocycles. The lowest BCUT2D eigenvalue weighted by molar-refractivity contribution is -0.143. The molecule has 1 aliphatic carbocycles. The van der Waals surface area contributed by atoms with Crippen molar-refractivity contribution in [3.8, 4) is 0 Å². The van der Waals surface area contributed by atoms with Gasteiger partial charge in [0.25, 0.3) is 0 Å². The maximum absolute atomic E-state index is 11.1. The Morgan fingerprint density at radius 1 is 1.73 bits per heavy atom. The van der Waals surface area contributed by atoms with E-state index >= 15 is 0 Å². The van der Waals surface area contributed by atoms with Gasteiger partial charge in [-0.25, -0.2) is 0 Å². The van der Waals surface area contributed by atoms with Gasteiger partial charge in [0, 0.05) is 12.5 Å². The van der Waals surface area contributed by atoms with Gasteiger partial charge in [-0.3, -0.25) is 9.59 Å². The number of fused-ring (bicyclic) bond motifs is 1.